The van der Waals surface area contributed by atoms with Gasteiger partial charge in [-0.3, -0.25) is 0 Å². The Morgan fingerprint density at radius 1 is 1.10 bits per heavy atom. The average molecular weight is 271 g/mol. The minimum Gasteiger partial charge on any atom is -0.465 e. The van der Waals surface area contributed by atoms with E-state index in [-0.39, 0.29) is 6.04 Å². The molecular weight excluding hydrogens is 246 g/mol. The summed E-state index contributed by atoms with van der Waals surface area (Å²) in [5.41, 5.74) is 2.75. The quantitative estimate of drug-likeness (QED) is 0.832. The van der Waals surface area contributed by atoms with Gasteiger partial charge in [-0.25, -0.2) is 0 Å². The number of hydrogen-bond acceptors (Lipinski definition) is 2. The minimum atomic E-state index is 0.260. The molecule has 2 rings (SSSR count). The van der Waals surface area contributed by atoms with Crippen LogP contribution in [-0.4, -0.2) is 6.04 Å². The van der Waals surface area contributed by atoms with Gasteiger partial charge < -0.3 is 9.73 Å². The highest BCUT2D eigenvalue weighted by Gasteiger charge is 2.12. The molecule has 1 N–H and O–H groups in total. The third kappa shape index (κ3) is 4.24. The largest absolute Gasteiger partial charge is 0.465 e. The van der Waals surface area contributed by atoms with E-state index in [0.29, 0.717) is 6.04 Å². The Kier molecular flexibility index (Phi) is 5.02. The van der Waals surface area contributed by atoms with E-state index in [1.165, 1.54) is 11.1 Å². The molecule has 2 heteroatoms. The predicted molar refractivity (Wildman–Crippen MR) is 84.0 cm³/mol. The fourth-order valence-electron chi connectivity index (χ4n) is 2.53. The van der Waals surface area contributed by atoms with Crippen LogP contribution < -0.4 is 5.32 Å². The van der Waals surface area contributed by atoms with E-state index in [2.05, 4.69) is 56.4 Å². The van der Waals surface area contributed by atoms with Crippen LogP contribution in [0.25, 0.3) is 0 Å². The Morgan fingerprint density at radius 2 is 1.90 bits per heavy atom. The lowest BCUT2D eigenvalue weighted by Crippen LogP contribution is -2.29. The SMILES string of the molecule is Cc1cccc(CCC(C)NC(C)c2ccc(C)o2)c1. The first-order valence-corrected chi connectivity index (χ1v) is 7.42. The molecular formula is C18H25NO. The minimum absolute atomic E-state index is 0.260. The van der Waals surface area contributed by atoms with E-state index < -0.39 is 0 Å². The lowest BCUT2D eigenvalue weighted by atomic mass is 10.0. The van der Waals surface area contributed by atoms with Gasteiger partial charge in [-0.2, -0.15) is 0 Å². The molecule has 0 radical (unpaired) electrons. The molecule has 2 unspecified atom stereocenters. The van der Waals surface area contributed by atoms with Crippen LogP contribution >= 0.6 is 0 Å². The van der Waals surface area contributed by atoms with Gasteiger partial charge in [0.05, 0.1) is 6.04 Å². The molecule has 0 fully saturated rings. The van der Waals surface area contributed by atoms with Crippen molar-refractivity contribution in [2.24, 2.45) is 0 Å². The van der Waals surface area contributed by atoms with Gasteiger partial charge in [0.15, 0.2) is 0 Å². The molecule has 0 saturated heterocycles. The summed E-state index contributed by atoms with van der Waals surface area (Å²) < 4.78 is 5.66. The van der Waals surface area contributed by atoms with Crippen LogP contribution in [0.1, 0.15) is 49.0 Å². The van der Waals surface area contributed by atoms with Crippen LogP contribution in [0.3, 0.4) is 0 Å². The van der Waals surface area contributed by atoms with Gasteiger partial charge in [-0.15, -0.1) is 0 Å². The molecule has 1 aromatic heterocycles. The third-order valence-electron chi connectivity index (χ3n) is 3.67. The van der Waals surface area contributed by atoms with E-state index in [9.17, 15) is 0 Å². The van der Waals surface area contributed by atoms with Crippen molar-refractivity contribution in [3.05, 3.63) is 59.0 Å². The number of hydrogen-bond donors (Lipinski definition) is 1. The van der Waals surface area contributed by atoms with Gasteiger partial charge in [0.25, 0.3) is 0 Å². The molecule has 1 aromatic carbocycles. The summed E-state index contributed by atoms with van der Waals surface area (Å²) in [4.78, 5) is 0. The average Bonchev–Trinajstić information content (AvgIpc) is 2.83. The molecule has 2 nitrogen and oxygen atoms in total. The fraction of sp³-hybridized carbons (Fsp3) is 0.444. The van der Waals surface area contributed by atoms with Crippen LogP contribution in [0.15, 0.2) is 40.8 Å². The van der Waals surface area contributed by atoms with E-state index in [0.717, 1.165) is 24.4 Å². The highest BCUT2D eigenvalue weighted by atomic mass is 16.3. The molecule has 0 aliphatic heterocycles. The number of nitrogens with one attached hydrogen (secondary N) is 1. The first kappa shape index (κ1) is 14.9. The summed E-state index contributed by atoms with van der Waals surface area (Å²) in [5.74, 6) is 1.99. The van der Waals surface area contributed by atoms with Crippen LogP contribution in [-0.2, 0) is 6.42 Å². The second-order valence-corrected chi connectivity index (χ2v) is 5.77. The number of aryl methyl sites for hydroxylation is 3. The number of rotatable bonds is 6. The van der Waals surface area contributed by atoms with E-state index in [1.807, 2.05) is 13.0 Å². The van der Waals surface area contributed by atoms with Crippen LogP contribution in [0, 0.1) is 13.8 Å². The van der Waals surface area contributed by atoms with Crippen LogP contribution in [0.4, 0.5) is 0 Å². The van der Waals surface area contributed by atoms with Gasteiger partial charge in [-0.05, 0) is 58.2 Å². The molecule has 20 heavy (non-hydrogen) atoms. The fourth-order valence-corrected chi connectivity index (χ4v) is 2.53. The molecule has 2 atom stereocenters. The Balaban J connectivity index is 1.82. The van der Waals surface area contributed by atoms with Gasteiger partial charge in [0, 0.05) is 6.04 Å². The molecule has 0 aliphatic rings. The number of furan rings is 1. The maximum Gasteiger partial charge on any atom is 0.120 e. The van der Waals surface area contributed by atoms with Crippen molar-refractivity contribution in [2.45, 2.75) is 52.6 Å². The highest BCUT2D eigenvalue weighted by molar-refractivity contribution is 5.22. The monoisotopic (exact) mass is 271 g/mol. The zero-order valence-corrected chi connectivity index (χ0v) is 12.9. The summed E-state index contributed by atoms with van der Waals surface area (Å²) >= 11 is 0. The second-order valence-electron chi connectivity index (χ2n) is 5.77. The normalized spacial score (nSPS) is 14.2. The van der Waals surface area contributed by atoms with E-state index >= 15 is 0 Å². The standard InChI is InChI=1S/C18H25NO/c1-13-6-5-7-17(12-13)10-8-14(2)19-16(4)18-11-9-15(3)20-18/h5-7,9,11-12,14,16,19H,8,10H2,1-4H3. The third-order valence-corrected chi connectivity index (χ3v) is 3.67. The lowest BCUT2D eigenvalue weighted by molar-refractivity contribution is 0.380. The van der Waals surface area contributed by atoms with Crippen LogP contribution in [0.5, 0.6) is 0 Å². The molecule has 0 spiro atoms. The molecule has 0 amide bonds. The topological polar surface area (TPSA) is 25.2 Å². The lowest BCUT2D eigenvalue weighted by Gasteiger charge is -2.18. The van der Waals surface area contributed by atoms with Gasteiger partial charge in [0.1, 0.15) is 11.5 Å². The molecule has 0 bridgehead atoms. The maximum absolute atomic E-state index is 5.66. The summed E-state index contributed by atoms with van der Waals surface area (Å²) in [6.45, 7) is 8.52. The maximum atomic E-state index is 5.66. The van der Waals surface area contributed by atoms with Crippen molar-refractivity contribution in [3.8, 4) is 0 Å². The zero-order valence-electron chi connectivity index (χ0n) is 12.9. The van der Waals surface area contributed by atoms with Gasteiger partial charge >= 0.3 is 0 Å². The van der Waals surface area contributed by atoms with Crippen molar-refractivity contribution in [2.75, 3.05) is 0 Å². The summed E-state index contributed by atoms with van der Waals surface area (Å²) in [5, 5.41) is 3.60. The second kappa shape index (κ2) is 6.76. The Labute approximate surface area is 122 Å². The summed E-state index contributed by atoms with van der Waals surface area (Å²) in [6, 6.07) is 13.6. The first-order valence-electron chi connectivity index (χ1n) is 7.42. The predicted octanol–water partition coefficient (Wildman–Crippen LogP) is 4.57. The summed E-state index contributed by atoms with van der Waals surface area (Å²) in [6.07, 6.45) is 2.24. The smallest absolute Gasteiger partial charge is 0.120 e. The van der Waals surface area contributed by atoms with Crippen LogP contribution in [0.2, 0.25) is 0 Å². The molecule has 2 aromatic rings. The van der Waals surface area contributed by atoms with Crippen molar-refractivity contribution < 1.29 is 4.42 Å². The van der Waals surface area contributed by atoms with Gasteiger partial charge in [0.2, 0.25) is 0 Å². The Hall–Kier alpha value is -1.54. The Morgan fingerprint density at radius 3 is 2.55 bits per heavy atom. The summed E-state index contributed by atoms with van der Waals surface area (Å²) in [7, 11) is 0. The van der Waals surface area contributed by atoms with Crippen molar-refractivity contribution in [1.82, 2.24) is 5.32 Å². The number of benzene rings is 1. The van der Waals surface area contributed by atoms with Gasteiger partial charge in [-0.1, -0.05) is 29.8 Å². The van der Waals surface area contributed by atoms with Crippen molar-refractivity contribution in [1.29, 1.82) is 0 Å². The Bertz CT molecular complexity index is 544. The van der Waals surface area contributed by atoms with Crippen molar-refractivity contribution >= 4 is 0 Å². The van der Waals surface area contributed by atoms with Crippen molar-refractivity contribution in [3.63, 3.8) is 0 Å². The first-order chi connectivity index (χ1) is 9.54. The molecule has 1 heterocycles. The highest BCUT2D eigenvalue weighted by Crippen LogP contribution is 2.17. The molecule has 0 aliphatic carbocycles. The molecule has 108 valence electrons. The zero-order chi connectivity index (χ0) is 14.5. The van der Waals surface area contributed by atoms with E-state index in [4.69, 9.17) is 4.42 Å². The van der Waals surface area contributed by atoms with E-state index in [1.54, 1.807) is 0 Å². The molecule has 0 saturated carbocycles.